The van der Waals surface area contributed by atoms with Gasteiger partial charge in [0, 0.05) is 12.1 Å². The minimum Gasteiger partial charge on any atom is -0.353 e. The Morgan fingerprint density at radius 3 is 2.47 bits per heavy atom. The number of benzene rings is 1. The highest BCUT2D eigenvalue weighted by Crippen LogP contribution is 2.17. The average molecular weight is 267 g/mol. The maximum atomic E-state index is 13.4. The van der Waals surface area contributed by atoms with E-state index in [0.29, 0.717) is 0 Å². The molecule has 4 heteroatoms. The summed E-state index contributed by atoms with van der Waals surface area (Å²) < 4.78 is 26.2. The SMILES string of the molecule is O=C(Cc1ccc(F)cc1F)NC1CCCCCC1. The number of halogens is 2. The Morgan fingerprint density at radius 2 is 1.84 bits per heavy atom. The fraction of sp³-hybridized carbons (Fsp3) is 0.533. The fourth-order valence-electron chi connectivity index (χ4n) is 2.54. The minimum absolute atomic E-state index is 0.0252. The fourth-order valence-corrected chi connectivity index (χ4v) is 2.54. The van der Waals surface area contributed by atoms with Gasteiger partial charge in [0.2, 0.25) is 5.91 Å². The molecule has 0 bridgehead atoms. The number of hydrogen-bond acceptors (Lipinski definition) is 1. The first-order valence-corrected chi connectivity index (χ1v) is 6.88. The second-order valence-electron chi connectivity index (χ2n) is 5.17. The highest BCUT2D eigenvalue weighted by molar-refractivity contribution is 5.78. The van der Waals surface area contributed by atoms with Crippen molar-refractivity contribution >= 4 is 5.91 Å². The molecule has 0 aliphatic heterocycles. The summed E-state index contributed by atoms with van der Waals surface area (Å²) in [6, 6.07) is 3.53. The van der Waals surface area contributed by atoms with Crippen molar-refractivity contribution in [3.8, 4) is 0 Å². The lowest BCUT2D eigenvalue weighted by atomic mass is 10.1. The van der Waals surface area contributed by atoms with E-state index in [-0.39, 0.29) is 23.9 Å². The molecule has 0 spiro atoms. The van der Waals surface area contributed by atoms with Gasteiger partial charge < -0.3 is 5.32 Å². The molecule has 1 aliphatic rings. The van der Waals surface area contributed by atoms with Crippen molar-refractivity contribution < 1.29 is 13.6 Å². The molecule has 2 nitrogen and oxygen atoms in total. The number of hydrogen-bond donors (Lipinski definition) is 1. The summed E-state index contributed by atoms with van der Waals surface area (Å²) in [5.41, 5.74) is 0.243. The van der Waals surface area contributed by atoms with Crippen LogP contribution >= 0.6 is 0 Å². The van der Waals surface area contributed by atoms with Crippen LogP contribution in [0.1, 0.15) is 44.1 Å². The Hall–Kier alpha value is -1.45. The lowest BCUT2D eigenvalue weighted by Crippen LogP contribution is -2.35. The first kappa shape index (κ1) is 14.0. The monoisotopic (exact) mass is 267 g/mol. The molecular weight excluding hydrogens is 248 g/mol. The lowest BCUT2D eigenvalue weighted by Gasteiger charge is -2.16. The van der Waals surface area contributed by atoms with E-state index in [1.807, 2.05) is 0 Å². The maximum absolute atomic E-state index is 13.4. The van der Waals surface area contributed by atoms with Crippen LogP contribution in [0.5, 0.6) is 0 Å². The molecule has 1 amide bonds. The van der Waals surface area contributed by atoms with Gasteiger partial charge in [-0.25, -0.2) is 8.78 Å². The third kappa shape index (κ3) is 4.30. The number of nitrogens with one attached hydrogen (secondary N) is 1. The van der Waals surface area contributed by atoms with Crippen LogP contribution < -0.4 is 5.32 Å². The first-order chi connectivity index (χ1) is 9.15. The molecule has 1 aromatic rings. The lowest BCUT2D eigenvalue weighted by molar-refractivity contribution is -0.121. The van der Waals surface area contributed by atoms with Gasteiger partial charge >= 0.3 is 0 Å². The normalized spacial score (nSPS) is 16.9. The largest absolute Gasteiger partial charge is 0.353 e. The van der Waals surface area contributed by atoms with Gasteiger partial charge in [0.1, 0.15) is 11.6 Å². The first-order valence-electron chi connectivity index (χ1n) is 6.88. The van der Waals surface area contributed by atoms with Crippen molar-refractivity contribution in [1.82, 2.24) is 5.32 Å². The van der Waals surface area contributed by atoms with E-state index in [0.717, 1.165) is 31.7 Å². The van der Waals surface area contributed by atoms with Crippen molar-refractivity contribution in [1.29, 1.82) is 0 Å². The summed E-state index contributed by atoms with van der Waals surface area (Å²) in [6.45, 7) is 0. The Balaban J connectivity index is 1.89. The van der Waals surface area contributed by atoms with Gasteiger partial charge in [-0.05, 0) is 24.5 Å². The molecular formula is C15H19F2NO. The summed E-state index contributed by atoms with van der Waals surface area (Å²) in [5, 5.41) is 2.95. The zero-order valence-corrected chi connectivity index (χ0v) is 10.9. The Labute approximate surface area is 112 Å². The van der Waals surface area contributed by atoms with Gasteiger partial charge in [-0.1, -0.05) is 31.7 Å². The Morgan fingerprint density at radius 1 is 1.16 bits per heavy atom. The van der Waals surface area contributed by atoms with Gasteiger partial charge in [0.15, 0.2) is 0 Å². The standard InChI is InChI=1S/C15H19F2NO/c16-12-8-7-11(14(17)10-12)9-15(19)18-13-5-3-1-2-4-6-13/h7-8,10,13H,1-6,9H2,(H,18,19). The zero-order valence-electron chi connectivity index (χ0n) is 10.9. The van der Waals surface area contributed by atoms with E-state index in [4.69, 9.17) is 0 Å². The summed E-state index contributed by atoms with van der Waals surface area (Å²) in [4.78, 5) is 11.9. The molecule has 1 aromatic carbocycles. The molecule has 0 atom stereocenters. The smallest absolute Gasteiger partial charge is 0.224 e. The molecule has 2 rings (SSSR count). The van der Waals surface area contributed by atoms with E-state index in [1.165, 1.54) is 25.0 Å². The van der Waals surface area contributed by atoms with Crippen molar-refractivity contribution in [3.05, 3.63) is 35.4 Å². The van der Waals surface area contributed by atoms with Gasteiger partial charge in [0.25, 0.3) is 0 Å². The van der Waals surface area contributed by atoms with E-state index in [2.05, 4.69) is 5.32 Å². The zero-order chi connectivity index (χ0) is 13.7. The van der Waals surface area contributed by atoms with E-state index >= 15 is 0 Å². The van der Waals surface area contributed by atoms with Crippen LogP contribution in [-0.4, -0.2) is 11.9 Å². The van der Waals surface area contributed by atoms with E-state index in [1.54, 1.807) is 0 Å². The van der Waals surface area contributed by atoms with Crippen LogP contribution in [0, 0.1) is 11.6 Å². The van der Waals surface area contributed by atoms with E-state index < -0.39 is 11.6 Å². The predicted molar refractivity (Wildman–Crippen MR) is 69.7 cm³/mol. The van der Waals surface area contributed by atoms with Crippen LogP contribution in [0.2, 0.25) is 0 Å². The summed E-state index contributed by atoms with van der Waals surface area (Å²) >= 11 is 0. The van der Waals surface area contributed by atoms with Gasteiger partial charge in [-0.2, -0.15) is 0 Å². The molecule has 0 saturated heterocycles. The predicted octanol–water partition coefficient (Wildman–Crippen LogP) is 3.35. The second-order valence-corrected chi connectivity index (χ2v) is 5.17. The number of carbonyl (C=O) groups excluding carboxylic acids is 1. The topological polar surface area (TPSA) is 29.1 Å². The average Bonchev–Trinajstić information content (AvgIpc) is 2.61. The van der Waals surface area contributed by atoms with Gasteiger partial charge in [0.05, 0.1) is 6.42 Å². The summed E-state index contributed by atoms with van der Waals surface area (Å²) in [5.74, 6) is -1.46. The minimum atomic E-state index is -0.656. The highest BCUT2D eigenvalue weighted by Gasteiger charge is 2.16. The van der Waals surface area contributed by atoms with Crippen molar-refractivity contribution in [2.45, 2.75) is 51.0 Å². The summed E-state index contributed by atoms with van der Waals surface area (Å²) in [6.07, 6.45) is 6.68. The Kier molecular flexibility index (Phi) is 4.88. The van der Waals surface area contributed by atoms with Crippen LogP contribution in [0.3, 0.4) is 0 Å². The van der Waals surface area contributed by atoms with Crippen LogP contribution in [0.15, 0.2) is 18.2 Å². The molecule has 1 fully saturated rings. The number of carbonyl (C=O) groups is 1. The van der Waals surface area contributed by atoms with Crippen LogP contribution in [0.25, 0.3) is 0 Å². The molecule has 1 N–H and O–H groups in total. The third-order valence-corrected chi connectivity index (χ3v) is 3.59. The maximum Gasteiger partial charge on any atom is 0.224 e. The molecule has 0 radical (unpaired) electrons. The molecule has 1 saturated carbocycles. The van der Waals surface area contributed by atoms with Gasteiger partial charge in [-0.15, -0.1) is 0 Å². The number of rotatable bonds is 3. The van der Waals surface area contributed by atoms with Crippen molar-refractivity contribution in [2.24, 2.45) is 0 Å². The quantitative estimate of drug-likeness (QED) is 0.836. The van der Waals surface area contributed by atoms with Crippen molar-refractivity contribution in [2.75, 3.05) is 0 Å². The van der Waals surface area contributed by atoms with Gasteiger partial charge in [-0.3, -0.25) is 4.79 Å². The molecule has 0 heterocycles. The molecule has 0 aromatic heterocycles. The highest BCUT2D eigenvalue weighted by atomic mass is 19.1. The van der Waals surface area contributed by atoms with Crippen LogP contribution in [-0.2, 0) is 11.2 Å². The van der Waals surface area contributed by atoms with E-state index in [9.17, 15) is 13.6 Å². The molecule has 19 heavy (non-hydrogen) atoms. The number of amides is 1. The van der Waals surface area contributed by atoms with Crippen molar-refractivity contribution in [3.63, 3.8) is 0 Å². The second kappa shape index (κ2) is 6.64. The third-order valence-electron chi connectivity index (χ3n) is 3.59. The molecule has 0 unspecified atom stereocenters. The van der Waals surface area contributed by atoms with Crippen LogP contribution in [0.4, 0.5) is 8.78 Å². The Bertz CT molecular complexity index is 440. The molecule has 104 valence electrons. The molecule has 1 aliphatic carbocycles. The summed E-state index contributed by atoms with van der Waals surface area (Å²) in [7, 11) is 0.